The Bertz CT molecular complexity index is 2540. The molecular weight excluding hydrogens is 538 g/mol. The molecule has 0 aliphatic carbocycles. The monoisotopic (exact) mass is 561 g/mol. The molecular formula is C39H23N5. The average molecular weight is 562 g/mol. The van der Waals surface area contributed by atoms with E-state index in [4.69, 9.17) is 9.97 Å². The van der Waals surface area contributed by atoms with E-state index in [1.807, 2.05) is 42.9 Å². The highest BCUT2D eigenvalue weighted by molar-refractivity contribution is 6.16. The van der Waals surface area contributed by atoms with Gasteiger partial charge in [-0.05, 0) is 47.5 Å². The molecule has 5 aromatic heterocycles. The van der Waals surface area contributed by atoms with Crippen LogP contribution in [0, 0.1) is 0 Å². The summed E-state index contributed by atoms with van der Waals surface area (Å²) in [6, 6.07) is 39.9. The minimum atomic E-state index is 0.888. The quantitative estimate of drug-likeness (QED) is 0.159. The van der Waals surface area contributed by atoms with Crippen molar-refractivity contribution in [3.05, 3.63) is 140 Å². The van der Waals surface area contributed by atoms with E-state index in [0.717, 1.165) is 88.0 Å². The van der Waals surface area contributed by atoms with Crippen LogP contribution in [0.1, 0.15) is 0 Å². The summed E-state index contributed by atoms with van der Waals surface area (Å²) < 4.78 is 0. The molecule has 5 heterocycles. The molecule has 0 unspecified atom stereocenters. The molecule has 0 fully saturated rings. The summed E-state index contributed by atoms with van der Waals surface area (Å²) in [7, 11) is 0. The molecule has 5 heteroatoms. The fourth-order valence-electron chi connectivity index (χ4n) is 6.36. The van der Waals surface area contributed by atoms with Gasteiger partial charge in [-0.15, -0.1) is 0 Å². The van der Waals surface area contributed by atoms with Crippen molar-refractivity contribution in [3.63, 3.8) is 0 Å². The molecule has 5 nitrogen and oxygen atoms in total. The van der Waals surface area contributed by atoms with Crippen molar-refractivity contribution in [1.82, 2.24) is 24.9 Å². The van der Waals surface area contributed by atoms with E-state index in [2.05, 4.69) is 106 Å². The molecule has 0 amide bonds. The Morgan fingerprint density at radius 1 is 0.432 bits per heavy atom. The number of hydrogen-bond acceptors (Lipinski definition) is 5. The third-order valence-electron chi connectivity index (χ3n) is 8.41. The van der Waals surface area contributed by atoms with Gasteiger partial charge >= 0.3 is 0 Å². The lowest BCUT2D eigenvalue weighted by molar-refractivity contribution is 1.33. The van der Waals surface area contributed by atoms with Crippen molar-refractivity contribution >= 4 is 54.5 Å². The first-order chi connectivity index (χ1) is 21.8. The molecule has 0 spiro atoms. The molecule has 0 bridgehead atoms. The van der Waals surface area contributed by atoms with Crippen LogP contribution >= 0.6 is 0 Å². The average Bonchev–Trinajstić information content (AvgIpc) is 3.10. The van der Waals surface area contributed by atoms with Gasteiger partial charge in [-0.2, -0.15) is 0 Å². The van der Waals surface area contributed by atoms with Crippen molar-refractivity contribution in [2.75, 3.05) is 0 Å². The number of pyridine rings is 5. The first-order valence-electron chi connectivity index (χ1n) is 14.6. The van der Waals surface area contributed by atoms with Crippen LogP contribution in [0.5, 0.6) is 0 Å². The largest absolute Gasteiger partial charge is 0.264 e. The SMILES string of the molecule is c1cncc(-c2c3ccccc3nc3c2ccc2ccc(-c4ccc(-c5cc6cccnc6c6ncccc56)cc4)nc23)c1. The van der Waals surface area contributed by atoms with E-state index in [9.17, 15) is 0 Å². The highest BCUT2D eigenvalue weighted by Crippen LogP contribution is 2.38. The van der Waals surface area contributed by atoms with E-state index in [-0.39, 0.29) is 0 Å². The minimum absolute atomic E-state index is 0.888. The van der Waals surface area contributed by atoms with Crippen LogP contribution < -0.4 is 0 Å². The standard InChI is InChI=1S/C39H23N5/c1-2-10-34-30(8-1)35(28-7-3-19-40-23-28)31-17-15-26-16-18-33(43-37(26)39(31)44-34)25-13-11-24(12-14-25)32-22-27-6-4-20-41-36(27)38-29(32)9-5-21-42-38/h1-23H. The predicted molar refractivity (Wildman–Crippen MR) is 179 cm³/mol. The topological polar surface area (TPSA) is 64.5 Å². The van der Waals surface area contributed by atoms with Crippen LogP contribution in [-0.4, -0.2) is 24.9 Å². The number of hydrogen-bond donors (Lipinski definition) is 0. The van der Waals surface area contributed by atoms with E-state index in [1.54, 1.807) is 6.20 Å². The summed E-state index contributed by atoms with van der Waals surface area (Å²) in [5.41, 5.74) is 11.0. The summed E-state index contributed by atoms with van der Waals surface area (Å²) in [6.45, 7) is 0. The number of nitrogens with zero attached hydrogens (tertiary/aromatic N) is 5. The number of fused-ring (bicyclic) bond motifs is 7. The van der Waals surface area contributed by atoms with Gasteiger partial charge < -0.3 is 0 Å². The zero-order valence-corrected chi connectivity index (χ0v) is 23.5. The van der Waals surface area contributed by atoms with Crippen molar-refractivity contribution in [3.8, 4) is 33.5 Å². The second-order valence-electron chi connectivity index (χ2n) is 11.0. The van der Waals surface area contributed by atoms with Crippen LogP contribution in [0.2, 0.25) is 0 Å². The van der Waals surface area contributed by atoms with Gasteiger partial charge in [-0.3, -0.25) is 15.0 Å². The zero-order chi connectivity index (χ0) is 29.0. The first kappa shape index (κ1) is 24.5. The van der Waals surface area contributed by atoms with Crippen molar-refractivity contribution < 1.29 is 0 Å². The second-order valence-corrected chi connectivity index (χ2v) is 11.0. The van der Waals surface area contributed by atoms with Gasteiger partial charge in [0.05, 0.1) is 33.3 Å². The first-order valence-corrected chi connectivity index (χ1v) is 14.6. The zero-order valence-electron chi connectivity index (χ0n) is 23.5. The van der Waals surface area contributed by atoms with E-state index in [0.29, 0.717) is 0 Å². The predicted octanol–water partition coefficient (Wildman–Crippen LogP) is 9.43. The van der Waals surface area contributed by atoms with Crippen molar-refractivity contribution in [2.45, 2.75) is 0 Å². The molecule has 0 saturated heterocycles. The van der Waals surface area contributed by atoms with Gasteiger partial charge in [0.1, 0.15) is 0 Å². The molecule has 9 rings (SSSR count). The fraction of sp³-hybridized carbons (Fsp3) is 0. The number of benzene rings is 4. The van der Waals surface area contributed by atoms with Crippen LogP contribution in [0.15, 0.2) is 140 Å². The maximum atomic E-state index is 5.21. The maximum Gasteiger partial charge on any atom is 0.0978 e. The highest BCUT2D eigenvalue weighted by atomic mass is 14.8. The van der Waals surface area contributed by atoms with Gasteiger partial charge in [0, 0.05) is 68.4 Å². The summed E-state index contributed by atoms with van der Waals surface area (Å²) in [6.07, 6.45) is 7.38. The molecule has 0 N–H and O–H groups in total. The lowest BCUT2D eigenvalue weighted by Crippen LogP contribution is -1.93. The van der Waals surface area contributed by atoms with Crippen LogP contribution in [-0.2, 0) is 0 Å². The Morgan fingerprint density at radius 3 is 2.09 bits per heavy atom. The smallest absolute Gasteiger partial charge is 0.0978 e. The van der Waals surface area contributed by atoms with Gasteiger partial charge in [-0.25, -0.2) is 9.97 Å². The summed E-state index contributed by atoms with van der Waals surface area (Å²) in [4.78, 5) is 24.0. The molecule has 44 heavy (non-hydrogen) atoms. The lowest BCUT2D eigenvalue weighted by Gasteiger charge is -2.13. The normalized spacial score (nSPS) is 11.6. The summed E-state index contributed by atoms with van der Waals surface area (Å²) in [5, 5.41) is 5.39. The number of rotatable bonds is 3. The Labute approximate surface area is 252 Å². The van der Waals surface area contributed by atoms with E-state index < -0.39 is 0 Å². The van der Waals surface area contributed by atoms with Crippen molar-refractivity contribution in [2.24, 2.45) is 0 Å². The molecule has 0 atom stereocenters. The van der Waals surface area contributed by atoms with E-state index >= 15 is 0 Å². The van der Waals surface area contributed by atoms with Gasteiger partial charge in [0.15, 0.2) is 0 Å². The number of para-hydroxylation sites is 1. The number of aromatic nitrogens is 5. The van der Waals surface area contributed by atoms with Gasteiger partial charge in [0.25, 0.3) is 0 Å². The molecule has 9 aromatic rings. The molecule has 0 aliphatic rings. The molecule has 4 aromatic carbocycles. The lowest BCUT2D eigenvalue weighted by atomic mass is 9.95. The van der Waals surface area contributed by atoms with Crippen LogP contribution in [0.25, 0.3) is 88.0 Å². The van der Waals surface area contributed by atoms with Crippen molar-refractivity contribution in [1.29, 1.82) is 0 Å². The second kappa shape index (κ2) is 9.75. The van der Waals surface area contributed by atoms with E-state index in [1.165, 1.54) is 0 Å². The van der Waals surface area contributed by atoms with Gasteiger partial charge in [-0.1, -0.05) is 78.9 Å². The Hall–Kier alpha value is -6.07. The fourth-order valence-corrected chi connectivity index (χ4v) is 6.36. The van der Waals surface area contributed by atoms with Crippen LogP contribution in [0.4, 0.5) is 0 Å². The summed E-state index contributed by atoms with van der Waals surface area (Å²) in [5.74, 6) is 0. The molecule has 0 radical (unpaired) electrons. The Kier molecular flexibility index (Phi) is 5.43. The minimum Gasteiger partial charge on any atom is -0.264 e. The summed E-state index contributed by atoms with van der Waals surface area (Å²) >= 11 is 0. The van der Waals surface area contributed by atoms with Crippen LogP contribution in [0.3, 0.4) is 0 Å². The highest BCUT2D eigenvalue weighted by Gasteiger charge is 2.15. The third kappa shape index (κ3) is 3.83. The Morgan fingerprint density at radius 2 is 1.20 bits per heavy atom. The molecule has 204 valence electrons. The Balaban J connectivity index is 1.21. The maximum absolute atomic E-state index is 5.21. The molecule has 0 saturated carbocycles. The molecule has 0 aliphatic heterocycles. The van der Waals surface area contributed by atoms with Gasteiger partial charge in [0.2, 0.25) is 0 Å². The third-order valence-corrected chi connectivity index (χ3v) is 8.41.